The normalized spacial score (nSPS) is 10.6. The number of hydrogen-bond donors (Lipinski definition) is 1. The van der Waals surface area contributed by atoms with E-state index in [1.54, 1.807) is 55.7 Å². The smallest absolute Gasteiger partial charge is 0.185 e. The van der Waals surface area contributed by atoms with Crippen molar-refractivity contribution in [2.24, 2.45) is 0 Å². The molecule has 0 heterocycles. The number of allylic oxidation sites excluding steroid dienone is 1. The average molecular weight is 254 g/mol. The van der Waals surface area contributed by atoms with Gasteiger partial charge in [0.05, 0.1) is 7.11 Å². The van der Waals surface area contributed by atoms with Crippen molar-refractivity contribution in [2.45, 2.75) is 0 Å². The molecule has 0 bridgehead atoms. The van der Waals surface area contributed by atoms with Crippen LogP contribution in [-0.4, -0.2) is 18.0 Å². The Morgan fingerprint density at radius 3 is 2.53 bits per heavy atom. The molecule has 0 aliphatic carbocycles. The maximum absolute atomic E-state index is 11.9. The van der Waals surface area contributed by atoms with Gasteiger partial charge in [-0.2, -0.15) is 0 Å². The number of phenols is 1. The number of benzene rings is 2. The quantitative estimate of drug-likeness (QED) is 0.672. The van der Waals surface area contributed by atoms with Crippen molar-refractivity contribution < 1.29 is 14.6 Å². The van der Waals surface area contributed by atoms with Crippen LogP contribution in [0.25, 0.3) is 6.08 Å². The van der Waals surface area contributed by atoms with Crippen molar-refractivity contribution in [3.05, 3.63) is 65.7 Å². The zero-order chi connectivity index (χ0) is 13.7. The maximum atomic E-state index is 11.9. The molecule has 0 aliphatic heterocycles. The van der Waals surface area contributed by atoms with Gasteiger partial charge in [0.25, 0.3) is 0 Å². The van der Waals surface area contributed by atoms with Crippen molar-refractivity contribution in [3.8, 4) is 11.5 Å². The van der Waals surface area contributed by atoms with Crippen LogP contribution in [0.3, 0.4) is 0 Å². The van der Waals surface area contributed by atoms with Gasteiger partial charge in [0, 0.05) is 5.56 Å². The van der Waals surface area contributed by atoms with Crippen LogP contribution in [0.1, 0.15) is 15.9 Å². The van der Waals surface area contributed by atoms with E-state index in [0.29, 0.717) is 11.3 Å². The van der Waals surface area contributed by atoms with Crippen LogP contribution in [0.5, 0.6) is 11.5 Å². The molecule has 0 spiro atoms. The predicted octanol–water partition coefficient (Wildman–Crippen LogP) is 3.30. The highest BCUT2D eigenvalue weighted by molar-refractivity contribution is 6.06. The lowest BCUT2D eigenvalue weighted by atomic mass is 10.1. The fourth-order valence-corrected chi connectivity index (χ4v) is 1.65. The second-order valence-corrected chi connectivity index (χ2v) is 4.02. The van der Waals surface area contributed by atoms with Gasteiger partial charge in [0.1, 0.15) is 11.5 Å². The standard InChI is InChI=1S/C16H14O3/c1-19-15-8-6-13(7-9-15)16(18)10-5-12-3-2-4-14(17)11-12/h2-11,17H,1H3/b10-5+. The zero-order valence-corrected chi connectivity index (χ0v) is 10.5. The summed E-state index contributed by atoms with van der Waals surface area (Å²) in [5.74, 6) is 0.804. The van der Waals surface area contributed by atoms with Crippen LogP contribution in [0.2, 0.25) is 0 Å². The van der Waals surface area contributed by atoms with E-state index in [4.69, 9.17) is 4.74 Å². The number of rotatable bonds is 4. The van der Waals surface area contributed by atoms with Gasteiger partial charge in [0.2, 0.25) is 0 Å². The van der Waals surface area contributed by atoms with Crippen LogP contribution in [0, 0.1) is 0 Å². The van der Waals surface area contributed by atoms with Gasteiger partial charge < -0.3 is 9.84 Å². The third kappa shape index (κ3) is 3.45. The maximum Gasteiger partial charge on any atom is 0.185 e. The number of ketones is 1. The molecule has 19 heavy (non-hydrogen) atoms. The second kappa shape index (κ2) is 5.87. The summed E-state index contributed by atoms with van der Waals surface area (Å²) in [6.45, 7) is 0. The number of carbonyl (C=O) groups is 1. The molecule has 0 amide bonds. The van der Waals surface area contributed by atoms with Gasteiger partial charge in [-0.1, -0.05) is 18.2 Å². The van der Waals surface area contributed by atoms with E-state index < -0.39 is 0 Å². The molecule has 0 saturated carbocycles. The summed E-state index contributed by atoms with van der Waals surface area (Å²) in [6, 6.07) is 13.7. The fourth-order valence-electron chi connectivity index (χ4n) is 1.65. The number of methoxy groups -OCH3 is 1. The Bertz CT molecular complexity index is 598. The van der Waals surface area contributed by atoms with Crippen molar-refractivity contribution in [1.29, 1.82) is 0 Å². The van der Waals surface area contributed by atoms with Crippen molar-refractivity contribution in [1.82, 2.24) is 0 Å². The average Bonchev–Trinajstić information content (AvgIpc) is 2.45. The first-order valence-electron chi connectivity index (χ1n) is 5.84. The lowest BCUT2D eigenvalue weighted by Gasteiger charge is -2.00. The molecule has 0 saturated heterocycles. The van der Waals surface area contributed by atoms with E-state index >= 15 is 0 Å². The monoisotopic (exact) mass is 254 g/mol. The highest BCUT2D eigenvalue weighted by Crippen LogP contribution is 2.14. The lowest BCUT2D eigenvalue weighted by molar-refractivity contribution is 0.104. The summed E-state index contributed by atoms with van der Waals surface area (Å²) < 4.78 is 5.03. The predicted molar refractivity (Wildman–Crippen MR) is 74.5 cm³/mol. The number of hydrogen-bond acceptors (Lipinski definition) is 3. The Hall–Kier alpha value is -2.55. The SMILES string of the molecule is COc1ccc(C(=O)/C=C/c2cccc(O)c2)cc1. The summed E-state index contributed by atoms with van der Waals surface area (Å²) in [4.78, 5) is 11.9. The summed E-state index contributed by atoms with van der Waals surface area (Å²) in [6.07, 6.45) is 3.16. The molecular formula is C16H14O3. The fraction of sp³-hybridized carbons (Fsp3) is 0.0625. The Balaban J connectivity index is 2.11. The molecule has 0 atom stereocenters. The molecular weight excluding hydrogens is 240 g/mol. The Morgan fingerprint density at radius 2 is 1.89 bits per heavy atom. The van der Waals surface area contributed by atoms with Gasteiger partial charge in [0.15, 0.2) is 5.78 Å². The number of phenolic OH excluding ortho intramolecular Hbond substituents is 1. The van der Waals surface area contributed by atoms with Crippen LogP contribution in [-0.2, 0) is 0 Å². The molecule has 2 rings (SSSR count). The van der Waals surface area contributed by atoms with Crippen molar-refractivity contribution in [3.63, 3.8) is 0 Å². The van der Waals surface area contributed by atoms with Crippen LogP contribution in [0.15, 0.2) is 54.6 Å². The third-order valence-corrected chi connectivity index (χ3v) is 2.67. The Kier molecular flexibility index (Phi) is 3.98. The topological polar surface area (TPSA) is 46.5 Å². The summed E-state index contributed by atoms with van der Waals surface area (Å²) in [5, 5.41) is 9.32. The van der Waals surface area contributed by atoms with E-state index in [1.807, 2.05) is 6.07 Å². The minimum Gasteiger partial charge on any atom is -0.508 e. The number of carbonyl (C=O) groups excluding carboxylic acids is 1. The molecule has 1 N–H and O–H groups in total. The van der Waals surface area contributed by atoms with E-state index in [2.05, 4.69) is 0 Å². The molecule has 0 unspecified atom stereocenters. The lowest BCUT2D eigenvalue weighted by Crippen LogP contribution is -1.94. The first-order chi connectivity index (χ1) is 9.19. The van der Waals surface area contributed by atoms with Crippen LogP contribution in [0.4, 0.5) is 0 Å². The van der Waals surface area contributed by atoms with Gasteiger partial charge in [-0.15, -0.1) is 0 Å². The minimum atomic E-state index is -0.0917. The van der Waals surface area contributed by atoms with Gasteiger partial charge >= 0.3 is 0 Å². The molecule has 2 aromatic rings. The first-order valence-corrected chi connectivity index (χ1v) is 5.84. The highest BCUT2D eigenvalue weighted by atomic mass is 16.5. The molecule has 0 aromatic heterocycles. The van der Waals surface area contributed by atoms with E-state index in [0.717, 1.165) is 5.56 Å². The first kappa shape index (κ1) is 12.9. The third-order valence-electron chi connectivity index (χ3n) is 2.67. The van der Waals surface area contributed by atoms with E-state index in [9.17, 15) is 9.90 Å². The largest absolute Gasteiger partial charge is 0.508 e. The molecule has 96 valence electrons. The number of ether oxygens (including phenoxy) is 1. The van der Waals surface area contributed by atoms with Gasteiger partial charge in [-0.3, -0.25) is 4.79 Å². The molecule has 3 heteroatoms. The summed E-state index contributed by atoms with van der Waals surface area (Å²) in [7, 11) is 1.58. The molecule has 3 nitrogen and oxygen atoms in total. The van der Waals surface area contributed by atoms with Crippen LogP contribution < -0.4 is 4.74 Å². The second-order valence-electron chi connectivity index (χ2n) is 4.02. The molecule has 2 aromatic carbocycles. The molecule has 0 aliphatic rings. The van der Waals surface area contributed by atoms with Gasteiger partial charge in [-0.25, -0.2) is 0 Å². The minimum absolute atomic E-state index is 0.0917. The molecule has 0 radical (unpaired) electrons. The Labute approximate surface area is 111 Å². The number of aromatic hydroxyl groups is 1. The molecule has 0 fully saturated rings. The Morgan fingerprint density at radius 1 is 1.16 bits per heavy atom. The summed E-state index contributed by atoms with van der Waals surface area (Å²) >= 11 is 0. The van der Waals surface area contributed by atoms with Gasteiger partial charge in [-0.05, 0) is 48.0 Å². The van der Waals surface area contributed by atoms with Crippen molar-refractivity contribution >= 4 is 11.9 Å². The van der Waals surface area contributed by atoms with E-state index in [-0.39, 0.29) is 11.5 Å². The zero-order valence-electron chi connectivity index (χ0n) is 10.5. The van der Waals surface area contributed by atoms with E-state index in [1.165, 1.54) is 6.08 Å². The summed E-state index contributed by atoms with van der Waals surface area (Å²) in [5.41, 5.74) is 1.37. The highest BCUT2D eigenvalue weighted by Gasteiger charge is 2.01. The van der Waals surface area contributed by atoms with Crippen molar-refractivity contribution in [2.75, 3.05) is 7.11 Å². The van der Waals surface area contributed by atoms with Crippen LogP contribution >= 0.6 is 0 Å².